The molecule has 2 aromatic heterocycles. The minimum absolute atomic E-state index is 0.274. The van der Waals surface area contributed by atoms with Crippen molar-refractivity contribution < 1.29 is 9.69 Å². The number of carbonyl (C=O) groups is 1. The van der Waals surface area contributed by atoms with Crippen LogP contribution in [0.2, 0.25) is 4.34 Å². The third kappa shape index (κ3) is 4.39. The Morgan fingerprint density at radius 3 is 2.86 bits per heavy atom. The highest BCUT2D eigenvalue weighted by molar-refractivity contribution is 7.71. The van der Waals surface area contributed by atoms with Crippen molar-refractivity contribution in [3.63, 3.8) is 0 Å². The Morgan fingerprint density at radius 2 is 2.27 bits per heavy atom. The molecule has 0 aliphatic carbocycles. The van der Waals surface area contributed by atoms with Crippen LogP contribution in [0.5, 0.6) is 0 Å². The number of carbonyl (C=O) groups excluding carboxylic acids is 1. The van der Waals surface area contributed by atoms with Crippen molar-refractivity contribution in [3.8, 4) is 0 Å². The smallest absolute Gasteiger partial charge is 0.217 e. The highest BCUT2D eigenvalue weighted by Crippen LogP contribution is 2.20. The first-order valence-electron chi connectivity index (χ1n) is 6.83. The van der Waals surface area contributed by atoms with Crippen molar-refractivity contribution in [2.24, 2.45) is 12.8 Å². The summed E-state index contributed by atoms with van der Waals surface area (Å²) in [4.78, 5) is 13.4. The number of hydrogen-bond donors (Lipinski definition) is 2. The van der Waals surface area contributed by atoms with E-state index in [1.165, 1.54) is 9.78 Å². The third-order valence-electron chi connectivity index (χ3n) is 3.25. The Kier molecular flexibility index (Phi) is 5.74. The second-order valence-corrected chi connectivity index (χ2v) is 7.39. The zero-order chi connectivity index (χ0) is 16.3. The summed E-state index contributed by atoms with van der Waals surface area (Å²) in [5.41, 5.74) is 5.18. The number of amides is 1. The molecule has 0 fully saturated rings. The van der Waals surface area contributed by atoms with Gasteiger partial charge in [-0.2, -0.15) is 9.78 Å². The highest BCUT2D eigenvalue weighted by atomic mass is 35.5. The molecule has 1 amide bonds. The Hall–Kier alpha value is -1.22. The monoisotopic (exact) mass is 360 g/mol. The fraction of sp³-hybridized carbons (Fsp3) is 0.462. The number of thiophene rings is 1. The van der Waals surface area contributed by atoms with Crippen molar-refractivity contribution in [2.75, 3.05) is 7.05 Å². The molecule has 1 atom stereocenters. The number of nitrogens with zero attached hydrogens (tertiary/aromatic N) is 3. The van der Waals surface area contributed by atoms with Crippen LogP contribution in [-0.2, 0) is 31.5 Å². The zero-order valence-corrected chi connectivity index (χ0v) is 14.9. The molecule has 0 radical (unpaired) electrons. The van der Waals surface area contributed by atoms with E-state index in [0.717, 1.165) is 16.7 Å². The number of halogens is 1. The number of hydrogen-bond acceptors (Lipinski definition) is 4. The van der Waals surface area contributed by atoms with Crippen molar-refractivity contribution in [3.05, 3.63) is 31.9 Å². The summed E-state index contributed by atoms with van der Waals surface area (Å²) in [6.07, 6.45) is 0.776. The molecule has 0 bridgehead atoms. The predicted molar refractivity (Wildman–Crippen MR) is 89.5 cm³/mol. The lowest BCUT2D eigenvalue weighted by Gasteiger charge is -2.12. The average Bonchev–Trinajstić information content (AvgIpc) is 2.95. The van der Waals surface area contributed by atoms with Gasteiger partial charge in [-0.15, -0.1) is 11.3 Å². The number of nitrogens with two attached hydrogens (primary N) is 1. The molecule has 0 aliphatic rings. The molecule has 0 spiro atoms. The van der Waals surface area contributed by atoms with Gasteiger partial charge in [0.1, 0.15) is 12.4 Å². The zero-order valence-electron chi connectivity index (χ0n) is 12.5. The van der Waals surface area contributed by atoms with Crippen LogP contribution in [0.3, 0.4) is 0 Å². The molecule has 2 aromatic rings. The minimum Gasteiger partial charge on any atom is -0.370 e. The van der Waals surface area contributed by atoms with E-state index in [1.54, 1.807) is 16.0 Å². The second-order valence-electron chi connectivity index (χ2n) is 5.22. The topological polar surface area (TPSA) is 70.3 Å². The molecular formula is C13H19ClN5OS2+. The summed E-state index contributed by atoms with van der Waals surface area (Å²) in [6, 6.07) is 3.94. The van der Waals surface area contributed by atoms with E-state index < -0.39 is 0 Å². The molecule has 0 aromatic carbocycles. The molecular weight excluding hydrogens is 342 g/mol. The summed E-state index contributed by atoms with van der Waals surface area (Å²) in [6.45, 7) is 1.51. The quantitative estimate of drug-likeness (QED) is 0.716. The number of primary amides is 1. The average molecular weight is 361 g/mol. The van der Waals surface area contributed by atoms with Crippen LogP contribution in [0, 0.1) is 4.77 Å². The fourth-order valence-corrected chi connectivity index (χ4v) is 3.56. The van der Waals surface area contributed by atoms with Gasteiger partial charge in [0.05, 0.1) is 16.3 Å². The van der Waals surface area contributed by atoms with E-state index in [-0.39, 0.29) is 12.3 Å². The highest BCUT2D eigenvalue weighted by Gasteiger charge is 2.13. The van der Waals surface area contributed by atoms with E-state index in [9.17, 15) is 4.79 Å². The Balaban J connectivity index is 2.04. The molecule has 0 aliphatic heterocycles. The summed E-state index contributed by atoms with van der Waals surface area (Å²) >= 11 is 12.9. The van der Waals surface area contributed by atoms with Crippen molar-refractivity contribution in [2.45, 2.75) is 26.1 Å². The predicted octanol–water partition coefficient (Wildman–Crippen LogP) is 0.756. The van der Waals surface area contributed by atoms with E-state index in [2.05, 4.69) is 12.1 Å². The van der Waals surface area contributed by atoms with Gasteiger partial charge in [0.2, 0.25) is 10.7 Å². The largest absolute Gasteiger partial charge is 0.370 e. The summed E-state index contributed by atoms with van der Waals surface area (Å²) < 4.78 is 5.05. The van der Waals surface area contributed by atoms with E-state index in [0.29, 0.717) is 17.9 Å². The third-order valence-corrected chi connectivity index (χ3v) is 4.97. The van der Waals surface area contributed by atoms with Crippen molar-refractivity contribution >= 4 is 41.1 Å². The minimum atomic E-state index is -0.335. The molecule has 6 nitrogen and oxygen atoms in total. The molecule has 1 unspecified atom stereocenters. The van der Waals surface area contributed by atoms with Gasteiger partial charge in [-0.05, 0) is 24.4 Å². The number of aromatic nitrogens is 3. The van der Waals surface area contributed by atoms with Crippen LogP contribution in [0.15, 0.2) is 12.1 Å². The lowest BCUT2D eigenvalue weighted by Crippen LogP contribution is -3.06. The number of rotatable bonds is 7. The molecule has 2 rings (SSSR count). The maximum atomic E-state index is 10.9. The van der Waals surface area contributed by atoms with E-state index in [1.807, 2.05) is 23.7 Å². The Bertz CT molecular complexity index is 720. The van der Waals surface area contributed by atoms with Crippen LogP contribution in [0.1, 0.15) is 17.1 Å². The lowest BCUT2D eigenvalue weighted by atomic mass is 10.3. The summed E-state index contributed by atoms with van der Waals surface area (Å²) in [5, 5.41) is 4.49. The fourth-order valence-electron chi connectivity index (χ4n) is 2.14. The summed E-state index contributed by atoms with van der Waals surface area (Å²) in [7, 11) is 3.93. The Labute approximate surface area is 143 Å². The van der Waals surface area contributed by atoms with Crippen molar-refractivity contribution in [1.82, 2.24) is 14.3 Å². The van der Waals surface area contributed by atoms with Gasteiger partial charge >= 0.3 is 0 Å². The van der Waals surface area contributed by atoms with E-state index >= 15 is 0 Å². The normalized spacial score (nSPS) is 12.5. The van der Waals surface area contributed by atoms with Crippen molar-refractivity contribution in [1.29, 1.82) is 0 Å². The first-order chi connectivity index (χ1) is 10.4. The maximum absolute atomic E-state index is 10.9. The van der Waals surface area contributed by atoms with Crippen LogP contribution in [0.25, 0.3) is 0 Å². The maximum Gasteiger partial charge on any atom is 0.217 e. The van der Waals surface area contributed by atoms with Gasteiger partial charge in [0.25, 0.3) is 0 Å². The van der Waals surface area contributed by atoms with Gasteiger partial charge in [-0.25, -0.2) is 0 Å². The first kappa shape index (κ1) is 17.1. The van der Waals surface area contributed by atoms with Crippen LogP contribution in [0.4, 0.5) is 0 Å². The van der Waals surface area contributed by atoms with Crippen LogP contribution in [-0.4, -0.2) is 27.3 Å². The molecule has 3 N–H and O–H groups in total. The number of aryl methyl sites for hydroxylation is 1. The van der Waals surface area contributed by atoms with E-state index in [4.69, 9.17) is 29.6 Å². The van der Waals surface area contributed by atoms with Crippen LogP contribution < -0.4 is 10.6 Å². The molecule has 0 saturated carbocycles. The van der Waals surface area contributed by atoms with Gasteiger partial charge in [-0.1, -0.05) is 11.6 Å². The standard InChI is InChI=1S/C13H18ClN5OS2/c1-17(7-9-3-4-10(14)22-9)8-19-13(21)18(2)12(16-19)6-5-11(15)20/h3-4H,5-8H2,1-2H3,(H2,15,20)/p+1. The Morgan fingerprint density at radius 1 is 1.55 bits per heavy atom. The van der Waals surface area contributed by atoms with Crippen LogP contribution >= 0.6 is 35.2 Å². The molecule has 2 heterocycles. The SMILES string of the molecule is Cn1c(CCC(N)=O)nn(C[NH+](C)Cc2ccc(Cl)s2)c1=S. The van der Waals surface area contributed by atoms with Gasteiger partial charge in [0.15, 0.2) is 6.67 Å². The number of nitrogens with one attached hydrogen (secondary N) is 1. The first-order valence-corrected chi connectivity index (χ1v) is 8.43. The molecule has 0 saturated heterocycles. The molecule has 120 valence electrons. The lowest BCUT2D eigenvalue weighted by molar-refractivity contribution is -0.917. The summed E-state index contributed by atoms with van der Waals surface area (Å²) in [5.74, 6) is 0.438. The molecule has 22 heavy (non-hydrogen) atoms. The molecule has 9 heteroatoms. The van der Waals surface area contributed by atoms with Gasteiger partial charge < -0.3 is 15.2 Å². The number of quaternary nitrogens is 1. The second kappa shape index (κ2) is 7.36. The van der Waals surface area contributed by atoms with Gasteiger partial charge in [0, 0.05) is 19.9 Å². The van der Waals surface area contributed by atoms with Gasteiger partial charge in [-0.3, -0.25) is 4.79 Å².